The average Bonchev–Trinajstić information content (AvgIpc) is 3.57. The van der Waals surface area contributed by atoms with E-state index in [9.17, 15) is 19.5 Å². The van der Waals surface area contributed by atoms with Crippen molar-refractivity contribution in [2.45, 2.75) is 53.2 Å². The quantitative estimate of drug-likeness (QED) is 0.168. The van der Waals surface area contributed by atoms with Crippen LogP contribution < -0.4 is 19.1 Å². The number of nitrogens with zero attached hydrogens (tertiary/aromatic N) is 2. The van der Waals surface area contributed by atoms with Gasteiger partial charge in [-0.15, -0.1) is 0 Å². The van der Waals surface area contributed by atoms with E-state index in [0.29, 0.717) is 52.8 Å². The number of aromatic nitrogens is 1. The number of benzene rings is 2. The first-order chi connectivity index (χ1) is 19.1. The zero-order chi connectivity index (χ0) is 28.7. The Kier molecular flexibility index (Phi) is 7.37. The Morgan fingerprint density at radius 1 is 1.12 bits per heavy atom. The van der Waals surface area contributed by atoms with E-state index in [0.717, 1.165) is 22.6 Å². The van der Waals surface area contributed by atoms with E-state index < -0.39 is 17.7 Å². The number of aryl methyl sites for hydroxylation is 1. The normalized spacial score (nSPS) is 19.5. The van der Waals surface area contributed by atoms with E-state index in [-0.39, 0.29) is 28.4 Å². The number of thiazole rings is 1. The highest BCUT2D eigenvalue weighted by Gasteiger charge is 2.48. The predicted molar refractivity (Wildman–Crippen MR) is 151 cm³/mol. The number of hydrogen-bond donors (Lipinski definition) is 1. The molecule has 1 amide bonds. The van der Waals surface area contributed by atoms with Gasteiger partial charge in [0.15, 0.2) is 22.4 Å². The Bertz CT molecular complexity index is 1560. The van der Waals surface area contributed by atoms with Gasteiger partial charge in [0.05, 0.1) is 35.4 Å². The molecule has 1 aromatic heterocycles. The number of Topliss-reactive ketones (excluding diaryl/α,β-unsaturated/α-hetero) is 2. The predicted octanol–water partition coefficient (Wildman–Crippen LogP) is 5.40. The standard InChI is InChI=1S/C30H30N2O7S/c1-6-37-22-11-8-18(14-23(22)38-7-2)25-24(26(34)19-9-10-21-20(13-19)12-15(3)39-21)27(35)29(36)32(25)30-31-16(4)28(40-30)17(5)33/h8-11,13-15,25,34H,6-7,12H2,1-5H3/b26-24+/t15-,25+/m0/s1. The van der Waals surface area contributed by atoms with Gasteiger partial charge in [-0.05, 0) is 69.2 Å². The highest BCUT2D eigenvalue weighted by Crippen LogP contribution is 2.46. The van der Waals surface area contributed by atoms with Crippen molar-refractivity contribution < 1.29 is 33.7 Å². The Hall–Kier alpha value is -4.18. The Morgan fingerprint density at radius 3 is 2.52 bits per heavy atom. The third-order valence-electron chi connectivity index (χ3n) is 6.81. The number of fused-ring (bicyclic) bond motifs is 1. The highest BCUT2D eigenvalue weighted by molar-refractivity contribution is 7.18. The third-order valence-corrected chi connectivity index (χ3v) is 8.07. The number of aliphatic hydroxyl groups is 1. The molecule has 2 aliphatic rings. The topological polar surface area (TPSA) is 115 Å². The monoisotopic (exact) mass is 562 g/mol. The molecule has 40 heavy (non-hydrogen) atoms. The van der Waals surface area contributed by atoms with Gasteiger partial charge in [0, 0.05) is 18.9 Å². The number of amides is 1. The van der Waals surface area contributed by atoms with E-state index in [1.807, 2.05) is 20.8 Å². The Morgan fingerprint density at radius 2 is 1.85 bits per heavy atom. The van der Waals surface area contributed by atoms with Crippen LogP contribution in [0.1, 0.15) is 65.8 Å². The van der Waals surface area contributed by atoms with Crippen molar-refractivity contribution in [3.8, 4) is 17.2 Å². The van der Waals surface area contributed by atoms with Gasteiger partial charge in [0.1, 0.15) is 17.6 Å². The number of rotatable bonds is 8. The Balaban J connectivity index is 1.71. The van der Waals surface area contributed by atoms with Gasteiger partial charge in [-0.1, -0.05) is 17.4 Å². The number of ether oxygens (including phenoxy) is 3. The lowest BCUT2D eigenvalue weighted by molar-refractivity contribution is -0.132. The molecule has 208 valence electrons. The van der Waals surface area contributed by atoms with E-state index in [1.54, 1.807) is 43.3 Å². The molecule has 0 aliphatic carbocycles. The minimum Gasteiger partial charge on any atom is -0.507 e. The lowest BCUT2D eigenvalue weighted by atomic mass is 9.94. The summed E-state index contributed by atoms with van der Waals surface area (Å²) in [4.78, 5) is 45.5. The maximum Gasteiger partial charge on any atom is 0.301 e. The summed E-state index contributed by atoms with van der Waals surface area (Å²) in [7, 11) is 0. The zero-order valence-corrected chi connectivity index (χ0v) is 23.8. The summed E-state index contributed by atoms with van der Waals surface area (Å²) < 4.78 is 17.3. The molecule has 0 unspecified atom stereocenters. The molecule has 1 saturated heterocycles. The second-order valence-electron chi connectivity index (χ2n) is 9.66. The van der Waals surface area contributed by atoms with Gasteiger partial charge in [-0.2, -0.15) is 0 Å². The van der Waals surface area contributed by atoms with Crippen molar-refractivity contribution in [2.24, 2.45) is 0 Å². The van der Waals surface area contributed by atoms with E-state index in [4.69, 9.17) is 14.2 Å². The molecule has 0 saturated carbocycles. The van der Waals surface area contributed by atoms with Gasteiger partial charge < -0.3 is 19.3 Å². The number of anilines is 1. The summed E-state index contributed by atoms with van der Waals surface area (Å²) >= 11 is 1.04. The molecular weight excluding hydrogens is 532 g/mol. The summed E-state index contributed by atoms with van der Waals surface area (Å²) in [6.07, 6.45) is 0.666. The van der Waals surface area contributed by atoms with Crippen molar-refractivity contribution in [3.63, 3.8) is 0 Å². The minimum atomic E-state index is -1.02. The summed E-state index contributed by atoms with van der Waals surface area (Å²) in [6.45, 7) is 9.55. The van der Waals surface area contributed by atoms with Crippen LogP contribution in [0.2, 0.25) is 0 Å². The minimum absolute atomic E-state index is 0.00225. The van der Waals surface area contributed by atoms with Crippen LogP contribution >= 0.6 is 11.3 Å². The summed E-state index contributed by atoms with van der Waals surface area (Å²) in [5.74, 6) is -0.512. The molecule has 2 aliphatic heterocycles. The van der Waals surface area contributed by atoms with Gasteiger partial charge in [0.2, 0.25) is 0 Å². The molecule has 5 rings (SSSR count). The lowest BCUT2D eigenvalue weighted by Crippen LogP contribution is -2.29. The molecule has 3 heterocycles. The van der Waals surface area contributed by atoms with E-state index in [1.165, 1.54) is 11.8 Å². The number of carbonyl (C=O) groups excluding carboxylic acids is 3. The molecule has 2 atom stereocenters. The summed E-state index contributed by atoms with van der Waals surface area (Å²) in [6, 6.07) is 9.33. The zero-order valence-electron chi connectivity index (χ0n) is 22.9. The van der Waals surface area contributed by atoms with Gasteiger partial charge in [0.25, 0.3) is 5.78 Å². The van der Waals surface area contributed by atoms with Gasteiger partial charge >= 0.3 is 5.91 Å². The third kappa shape index (κ3) is 4.72. The molecule has 0 bridgehead atoms. The van der Waals surface area contributed by atoms with Gasteiger partial charge in [-0.3, -0.25) is 19.3 Å². The van der Waals surface area contributed by atoms with Crippen LogP contribution in [0.15, 0.2) is 42.0 Å². The SMILES string of the molecule is CCOc1ccc([C@@H]2/C(=C(\O)c3ccc4c(c3)C[C@H](C)O4)C(=O)C(=O)N2c2nc(C)c(C(C)=O)s2)cc1OCC. The highest BCUT2D eigenvalue weighted by atomic mass is 32.1. The maximum atomic E-state index is 13.6. The first kappa shape index (κ1) is 27.4. The fourth-order valence-electron chi connectivity index (χ4n) is 5.12. The average molecular weight is 563 g/mol. The van der Waals surface area contributed by atoms with Crippen LogP contribution in [0.4, 0.5) is 5.13 Å². The largest absolute Gasteiger partial charge is 0.507 e. The summed E-state index contributed by atoms with van der Waals surface area (Å²) in [5, 5.41) is 11.8. The molecule has 1 fully saturated rings. The van der Waals surface area contributed by atoms with Crippen LogP contribution in [0, 0.1) is 6.92 Å². The first-order valence-corrected chi connectivity index (χ1v) is 13.9. The smallest absolute Gasteiger partial charge is 0.301 e. The lowest BCUT2D eigenvalue weighted by Gasteiger charge is -2.24. The Labute approximate surface area is 236 Å². The second kappa shape index (κ2) is 10.8. The van der Waals surface area contributed by atoms with Crippen molar-refractivity contribution in [1.82, 2.24) is 4.98 Å². The maximum absolute atomic E-state index is 13.6. The molecular formula is C30H30N2O7S. The molecule has 2 aromatic carbocycles. The van der Waals surface area contributed by atoms with Crippen LogP contribution in [-0.4, -0.2) is 46.9 Å². The molecule has 1 N–H and O–H groups in total. The molecule has 10 heteroatoms. The number of carbonyl (C=O) groups is 3. The number of aliphatic hydroxyl groups excluding tert-OH is 1. The second-order valence-corrected chi connectivity index (χ2v) is 10.6. The van der Waals surface area contributed by atoms with E-state index in [2.05, 4.69) is 4.98 Å². The molecule has 0 radical (unpaired) electrons. The van der Waals surface area contributed by atoms with Gasteiger partial charge in [-0.25, -0.2) is 4.98 Å². The number of hydrogen-bond acceptors (Lipinski definition) is 9. The van der Waals surface area contributed by atoms with E-state index >= 15 is 0 Å². The molecule has 9 nitrogen and oxygen atoms in total. The van der Waals surface area contributed by atoms with Crippen molar-refractivity contribution >= 4 is 39.7 Å². The van der Waals surface area contributed by atoms with Crippen molar-refractivity contribution in [3.05, 3.63) is 69.2 Å². The molecule has 3 aromatic rings. The van der Waals surface area contributed by atoms with Crippen LogP contribution in [-0.2, 0) is 16.0 Å². The van der Waals surface area contributed by atoms with Crippen molar-refractivity contribution in [2.75, 3.05) is 18.1 Å². The van der Waals surface area contributed by atoms with Crippen LogP contribution in [0.3, 0.4) is 0 Å². The first-order valence-electron chi connectivity index (χ1n) is 13.1. The molecule has 0 spiro atoms. The van der Waals surface area contributed by atoms with Crippen molar-refractivity contribution in [1.29, 1.82) is 0 Å². The van der Waals surface area contributed by atoms with Crippen LogP contribution in [0.25, 0.3) is 5.76 Å². The number of ketones is 2. The van der Waals surface area contributed by atoms with Crippen LogP contribution in [0.5, 0.6) is 17.2 Å². The fraction of sp³-hybridized carbons (Fsp3) is 0.333. The summed E-state index contributed by atoms with van der Waals surface area (Å²) in [5.41, 5.74) is 2.20. The fourth-order valence-corrected chi connectivity index (χ4v) is 6.11.